The molecule has 0 rings (SSSR count). The quantitative estimate of drug-likeness (QED) is 0.302. The molecule has 34 valence electrons. The highest BCUT2D eigenvalue weighted by Gasteiger charge is 1.77. The second-order valence-electron chi connectivity index (χ2n) is 1.22. The van der Waals surface area contributed by atoms with Crippen molar-refractivity contribution in [3.05, 3.63) is 0 Å². The summed E-state index contributed by atoms with van der Waals surface area (Å²) < 4.78 is 0. The highest BCUT2D eigenvalue weighted by molar-refractivity contribution is 7.94. The van der Waals surface area contributed by atoms with Crippen molar-refractivity contribution in [2.75, 3.05) is 18.8 Å². The van der Waals surface area contributed by atoms with Crippen LogP contribution in [0.4, 0.5) is 0 Å². The molecule has 0 N–H and O–H groups in total. The van der Waals surface area contributed by atoms with E-state index >= 15 is 0 Å². The Kier molecular flexibility index (Phi) is 9.58. The van der Waals surface area contributed by atoms with Gasteiger partial charge in [0, 0.05) is 0 Å². The molecule has 0 saturated heterocycles. The molecule has 0 atom stereocenters. The van der Waals surface area contributed by atoms with Gasteiger partial charge < -0.3 is 24.0 Å². The zero-order chi connectivity index (χ0) is 3.58. The van der Waals surface area contributed by atoms with E-state index in [0.29, 0.717) is 10.9 Å². The first-order valence-corrected chi connectivity index (χ1v) is 3.67. The summed E-state index contributed by atoms with van der Waals surface area (Å²) in [7, 11) is 0.639. The standard InChI is InChI=1S/C3H9S.HI/c1-4(2)3;/h1-3H3;1H/q+1;/p-1. The monoisotopic (exact) mass is 204 g/mol. The van der Waals surface area contributed by atoms with Crippen molar-refractivity contribution in [2.45, 2.75) is 0 Å². The van der Waals surface area contributed by atoms with Gasteiger partial charge in [0.15, 0.2) is 0 Å². The molecule has 0 aliphatic heterocycles. The van der Waals surface area contributed by atoms with Crippen LogP contribution in [0.15, 0.2) is 0 Å². The van der Waals surface area contributed by atoms with Crippen LogP contribution in [0.1, 0.15) is 0 Å². The fraction of sp³-hybridized carbons (Fsp3) is 1.00. The van der Waals surface area contributed by atoms with E-state index in [0.717, 1.165) is 0 Å². The van der Waals surface area contributed by atoms with Crippen LogP contribution < -0.4 is 24.0 Å². The topological polar surface area (TPSA) is 0 Å². The molecule has 0 unspecified atom stereocenters. The molecule has 0 amide bonds. The highest BCUT2D eigenvalue weighted by atomic mass is 127. The van der Waals surface area contributed by atoms with Gasteiger partial charge >= 0.3 is 0 Å². The Hall–Kier alpha value is 1.08. The van der Waals surface area contributed by atoms with E-state index in [-0.39, 0.29) is 24.0 Å². The van der Waals surface area contributed by atoms with Crippen molar-refractivity contribution in [3.63, 3.8) is 0 Å². The highest BCUT2D eigenvalue weighted by Crippen LogP contribution is 1.63. The molecule has 2 heteroatoms. The smallest absolute Gasteiger partial charge is 0.0969 e. The molecule has 0 spiro atoms. The minimum atomic E-state index is 0. The van der Waals surface area contributed by atoms with Crippen LogP contribution in [0.5, 0.6) is 0 Å². The molecule has 0 saturated carbocycles. The van der Waals surface area contributed by atoms with Gasteiger partial charge in [-0.05, 0) is 10.9 Å². The fourth-order valence-corrected chi connectivity index (χ4v) is 0. The molecule has 0 aliphatic rings. The van der Waals surface area contributed by atoms with Crippen LogP contribution in [0.2, 0.25) is 0 Å². The second kappa shape index (κ2) is 5.08. The van der Waals surface area contributed by atoms with Crippen LogP contribution in [0.3, 0.4) is 0 Å². The van der Waals surface area contributed by atoms with Crippen molar-refractivity contribution in [1.29, 1.82) is 0 Å². The van der Waals surface area contributed by atoms with Gasteiger partial charge in [0.1, 0.15) is 0 Å². The molecule has 0 aliphatic carbocycles. The van der Waals surface area contributed by atoms with Gasteiger partial charge in [0.25, 0.3) is 0 Å². The van der Waals surface area contributed by atoms with E-state index in [1.165, 1.54) is 0 Å². The van der Waals surface area contributed by atoms with Gasteiger partial charge in [-0.2, -0.15) is 0 Å². The van der Waals surface area contributed by atoms with E-state index in [9.17, 15) is 0 Å². The predicted molar refractivity (Wildman–Crippen MR) is 25.1 cm³/mol. The number of hydrogen-bond donors (Lipinski definition) is 0. The molecule has 0 aromatic rings. The van der Waals surface area contributed by atoms with Gasteiger partial charge in [-0.1, -0.05) is 0 Å². The largest absolute Gasteiger partial charge is 1.00 e. The van der Waals surface area contributed by atoms with Gasteiger partial charge in [-0.15, -0.1) is 0 Å². The van der Waals surface area contributed by atoms with E-state index in [1.54, 1.807) is 0 Å². The first-order chi connectivity index (χ1) is 1.73. The molecular formula is C3H9IS. The van der Waals surface area contributed by atoms with Crippen LogP contribution in [-0.4, -0.2) is 18.8 Å². The van der Waals surface area contributed by atoms with Crippen LogP contribution >= 0.6 is 0 Å². The minimum Gasteiger partial charge on any atom is -1.00 e. The summed E-state index contributed by atoms with van der Waals surface area (Å²) >= 11 is 0. The Morgan fingerprint density at radius 3 is 1.00 bits per heavy atom. The Morgan fingerprint density at radius 2 is 1.00 bits per heavy atom. The summed E-state index contributed by atoms with van der Waals surface area (Å²) in [5.41, 5.74) is 0. The predicted octanol–water partition coefficient (Wildman–Crippen LogP) is -2.50. The molecule has 0 aromatic carbocycles. The minimum absolute atomic E-state index is 0. The van der Waals surface area contributed by atoms with Gasteiger partial charge in [0.05, 0.1) is 18.8 Å². The van der Waals surface area contributed by atoms with Crippen molar-refractivity contribution in [1.82, 2.24) is 0 Å². The lowest BCUT2D eigenvalue weighted by molar-refractivity contribution is -0.00000109. The maximum absolute atomic E-state index is 2.19. The first kappa shape index (κ1) is 9.43. The zero-order valence-electron chi connectivity index (χ0n) is 3.79. The third kappa shape index (κ3) is 41.3. The van der Waals surface area contributed by atoms with Crippen molar-refractivity contribution >= 4 is 10.9 Å². The third-order valence-corrected chi connectivity index (χ3v) is 0. The molecule has 0 heterocycles. The van der Waals surface area contributed by atoms with Crippen molar-refractivity contribution in [2.24, 2.45) is 0 Å². The first-order valence-electron chi connectivity index (χ1n) is 1.22. The Morgan fingerprint density at radius 1 is 1.00 bits per heavy atom. The average molecular weight is 204 g/mol. The summed E-state index contributed by atoms with van der Waals surface area (Å²) in [6.45, 7) is 0. The summed E-state index contributed by atoms with van der Waals surface area (Å²) in [6.07, 6.45) is 6.58. The molecule has 5 heavy (non-hydrogen) atoms. The van der Waals surface area contributed by atoms with Crippen LogP contribution in [0.25, 0.3) is 0 Å². The Balaban J connectivity index is 0. The Labute approximate surface area is 53.7 Å². The summed E-state index contributed by atoms with van der Waals surface area (Å²) in [6, 6.07) is 0. The number of halogens is 1. The average Bonchev–Trinajstić information content (AvgIpc) is 0.811. The molecule has 0 aromatic heterocycles. The summed E-state index contributed by atoms with van der Waals surface area (Å²) in [4.78, 5) is 0. The maximum atomic E-state index is 2.19. The van der Waals surface area contributed by atoms with E-state index in [1.807, 2.05) is 0 Å². The second-order valence-corrected chi connectivity index (χ2v) is 3.67. The molecule has 0 nitrogen and oxygen atoms in total. The zero-order valence-corrected chi connectivity index (χ0v) is 6.76. The third-order valence-electron chi connectivity index (χ3n) is 0. The molecule has 0 radical (unpaired) electrons. The molecule has 0 bridgehead atoms. The molecular weight excluding hydrogens is 195 g/mol. The molecule has 0 fully saturated rings. The fourth-order valence-electron chi connectivity index (χ4n) is 0. The van der Waals surface area contributed by atoms with E-state index in [2.05, 4.69) is 18.8 Å². The van der Waals surface area contributed by atoms with Gasteiger partial charge in [-0.3, -0.25) is 0 Å². The maximum Gasteiger partial charge on any atom is 0.0969 e. The summed E-state index contributed by atoms with van der Waals surface area (Å²) in [5, 5.41) is 0. The summed E-state index contributed by atoms with van der Waals surface area (Å²) in [5.74, 6) is 0. The van der Waals surface area contributed by atoms with Gasteiger partial charge in [-0.25, -0.2) is 0 Å². The van der Waals surface area contributed by atoms with Gasteiger partial charge in [0.2, 0.25) is 0 Å². The Bertz CT molecular complexity index is 11.6. The number of rotatable bonds is 0. The van der Waals surface area contributed by atoms with E-state index in [4.69, 9.17) is 0 Å². The normalized spacial score (nSPS) is 7.20. The lowest BCUT2D eigenvalue weighted by Crippen LogP contribution is -3.00. The SMILES string of the molecule is C[S+](C)C.[I-]. The number of hydrogen-bond acceptors (Lipinski definition) is 0. The van der Waals surface area contributed by atoms with E-state index < -0.39 is 0 Å². The van der Waals surface area contributed by atoms with Crippen molar-refractivity contribution in [3.8, 4) is 0 Å². The van der Waals surface area contributed by atoms with Crippen LogP contribution in [-0.2, 0) is 10.9 Å². The lowest BCUT2D eigenvalue weighted by Gasteiger charge is -1.69. The lowest BCUT2D eigenvalue weighted by atomic mass is 11.9. The van der Waals surface area contributed by atoms with Crippen LogP contribution in [0, 0.1) is 0 Å². The van der Waals surface area contributed by atoms with Crippen molar-refractivity contribution < 1.29 is 24.0 Å².